The van der Waals surface area contributed by atoms with Crippen LogP contribution in [-0.2, 0) is 0 Å². The Balaban J connectivity index is 2.14. The molecule has 1 aromatic heterocycles. The van der Waals surface area contributed by atoms with Gasteiger partial charge in [0.05, 0.1) is 18.7 Å². The number of rotatable bonds is 1. The van der Waals surface area contributed by atoms with Gasteiger partial charge in [0.2, 0.25) is 0 Å². The number of carbonyl (C=O) groups excluding carboxylic acids is 1. The SMILES string of the molecule is Cc1ccncc1C(=O)N1CC(F)(F)C1. The number of pyridine rings is 1. The van der Waals surface area contributed by atoms with Gasteiger partial charge >= 0.3 is 0 Å². The van der Waals surface area contributed by atoms with Gasteiger partial charge in [0.1, 0.15) is 0 Å². The molecular weight excluding hydrogens is 202 g/mol. The molecule has 1 aliphatic heterocycles. The summed E-state index contributed by atoms with van der Waals surface area (Å²) in [4.78, 5) is 16.6. The zero-order valence-corrected chi connectivity index (χ0v) is 8.20. The number of aryl methyl sites for hydroxylation is 1. The Morgan fingerprint density at radius 1 is 1.53 bits per heavy atom. The molecular formula is C10H10F2N2O. The Bertz CT molecular complexity index is 398. The summed E-state index contributed by atoms with van der Waals surface area (Å²) >= 11 is 0. The second kappa shape index (κ2) is 3.25. The van der Waals surface area contributed by atoms with E-state index in [1.165, 1.54) is 6.20 Å². The van der Waals surface area contributed by atoms with Gasteiger partial charge in [-0.2, -0.15) is 0 Å². The molecule has 0 radical (unpaired) electrons. The molecule has 1 saturated heterocycles. The predicted molar refractivity (Wildman–Crippen MR) is 49.8 cm³/mol. The van der Waals surface area contributed by atoms with E-state index in [9.17, 15) is 13.6 Å². The molecule has 15 heavy (non-hydrogen) atoms. The summed E-state index contributed by atoms with van der Waals surface area (Å²) in [5, 5.41) is 0. The number of carbonyl (C=O) groups is 1. The van der Waals surface area contributed by atoms with Crippen molar-refractivity contribution in [3.63, 3.8) is 0 Å². The van der Waals surface area contributed by atoms with Gasteiger partial charge in [-0.25, -0.2) is 8.78 Å². The van der Waals surface area contributed by atoms with Gasteiger partial charge in [-0.1, -0.05) is 0 Å². The molecule has 0 aliphatic carbocycles. The van der Waals surface area contributed by atoms with Gasteiger partial charge in [-0.3, -0.25) is 9.78 Å². The Morgan fingerprint density at radius 2 is 2.20 bits per heavy atom. The van der Waals surface area contributed by atoms with E-state index in [0.29, 0.717) is 5.56 Å². The number of amides is 1. The van der Waals surface area contributed by atoms with E-state index in [0.717, 1.165) is 10.5 Å². The van der Waals surface area contributed by atoms with Crippen LogP contribution in [0.25, 0.3) is 0 Å². The summed E-state index contributed by atoms with van der Waals surface area (Å²) in [6.07, 6.45) is 2.98. The summed E-state index contributed by atoms with van der Waals surface area (Å²) in [5.74, 6) is -3.09. The van der Waals surface area contributed by atoms with Crippen LogP contribution >= 0.6 is 0 Å². The number of hydrogen-bond donors (Lipinski definition) is 0. The monoisotopic (exact) mass is 212 g/mol. The minimum Gasteiger partial charge on any atom is -0.326 e. The molecule has 0 spiro atoms. The predicted octanol–water partition coefficient (Wildman–Crippen LogP) is 1.48. The molecule has 1 amide bonds. The highest BCUT2D eigenvalue weighted by molar-refractivity contribution is 5.95. The number of alkyl halides is 2. The van der Waals surface area contributed by atoms with Crippen molar-refractivity contribution in [1.29, 1.82) is 0 Å². The lowest BCUT2D eigenvalue weighted by atomic mass is 10.1. The average Bonchev–Trinajstić information content (AvgIpc) is 2.14. The second-order valence-electron chi connectivity index (χ2n) is 3.71. The van der Waals surface area contributed by atoms with Crippen LogP contribution < -0.4 is 0 Å². The lowest BCUT2D eigenvalue weighted by molar-refractivity contribution is -0.113. The molecule has 0 bridgehead atoms. The normalized spacial score (nSPS) is 18.5. The van der Waals surface area contributed by atoms with E-state index in [1.807, 2.05) is 0 Å². The summed E-state index contributed by atoms with van der Waals surface area (Å²) in [6.45, 7) is 0.785. The van der Waals surface area contributed by atoms with Gasteiger partial charge in [0.15, 0.2) is 0 Å². The van der Waals surface area contributed by atoms with Crippen LogP contribution in [0.15, 0.2) is 18.5 Å². The Labute approximate surface area is 85.7 Å². The fourth-order valence-electron chi connectivity index (χ4n) is 1.51. The molecule has 0 unspecified atom stereocenters. The lowest BCUT2D eigenvalue weighted by Gasteiger charge is -2.38. The van der Waals surface area contributed by atoms with Gasteiger partial charge in [0, 0.05) is 12.4 Å². The van der Waals surface area contributed by atoms with Gasteiger partial charge < -0.3 is 4.90 Å². The maximum absolute atomic E-state index is 12.6. The molecule has 5 heteroatoms. The summed E-state index contributed by atoms with van der Waals surface area (Å²) in [6, 6.07) is 1.69. The highest BCUT2D eigenvalue weighted by atomic mass is 19.3. The van der Waals surface area contributed by atoms with E-state index < -0.39 is 19.0 Å². The summed E-state index contributed by atoms with van der Waals surface area (Å²) in [5.41, 5.74) is 1.15. The van der Waals surface area contributed by atoms with Crippen molar-refractivity contribution >= 4 is 5.91 Å². The van der Waals surface area contributed by atoms with Crippen molar-refractivity contribution in [2.45, 2.75) is 12.8 Å². The largest absolute Gasteiger partial charge is 0.326 e. The summed E-state index contributed by atoms with van der Waals surface area (Å²) < 4.78 is 25.1. The molecule has 2 rings (SSSR count). The van der Waals surface area contributed by atoms with Gasteiger partial charge in [-0.15, -0.1) is 0 Å². The van der Waals surface area contributed by atoms with Gasteiger partial charge in [0.25, 0.3) is 11.8 Å². The van der Waals surface area contributed by atoms with Gasteiger partial charge in [-0.05, 0) is 18.6 Å². The van der Waals surface area contributed by atoms with E-state index in [4.69, 9.17) is 0 Å². The van der Waals surface area contributed by atoms with E-state index in [-0.39, 0.29) is 5.91 Å². The van der Waals surface area contributed by atoms with Crippen LogP contribution in [0.5, 0.6) is 0 Å². The first-order valence-electron chi connectivity index (χ1n) is 4.57. The molecule has 0 saturated carbocycles. The van der Waals surface area contributed by atoms with E-state index >= 15 is 0 Å². The average molecular weight is 212 g/mol. The number of nitrogens with zero attached hydrogens (tertiary/aromatic N) is 2. The van der Waals surface area contributed by atoms with E-state index in [1.54, 1.807) is 19.2 Å². The summed E-state index contributed by atoms with van der Waals surface area (Å²) in [7, 11) is 0. The molecule has 0 aromatic carbocycles. The molecule has 1 fully saturated rings. The number of halogens is 2. The Kier molecular flexibility index (Phi) is 2.17. The van der Waals surface area contributed by atoms with Crippen LogP contribution in [0.3, 0.4) is 0 Å². The zero-order chi connectivity index (χ0) is 11.1. The first kappa shape index (κ1) is 10.0. The first-order chi connectivity index (χ1) is 6.99. The molecule has 80 valence electrons. The smallest absolute Gasteiger partial charge is 0.282 e. The fraction of sp³-hybridized carbons (Fsp3) is 0.400. The van der Waals surface area contributed by atoms with Crippen LogP contribution in [0.2, 0.25) is 0 Å². The molecule has 1 aromatic rings. The highest BCUT2D eigenvalue weighted by Gasteiger charge is 2.46. The minimum atomic E-state index is -2.72. The quantitative estimate of drug-likeness (QED) is 0.706. The third-order valence-electron chi connectivity index (χ3n) is 2.40. The highest BCUT2D eigenvalue weighted by Crippen LogP contribution is 2.28. The van der Waals surface area contributed by atoms with Crippen LogP contribution in [-0.4, -0.2) is 34.8 Å². The third kappa shape index (κ3) is 1.82. The van der Waals surface area contributed by atoms with Crippen molar-refractivity contribution in [3.8, 4) is 0 Å². The standard InChI is InChI=1S/C10H10F2N2O/c1-7-2-3-13-4-8(7)9(15)14-5-10(11,12)6-14/h2-4H,5-6H2,1H3. The van der Waals surface area contributed by atoms with Crippen LogP contribution in [0.1, 0.15) is 15.9 Å². The number of hydrogen-bond acceptors (Lipinski definition) is 2. The minimum absolute atomic E-state index is 0.369. The molecule has 1 aliphatic rings. The molecule has 0 atom stereocenters. The van der Waals surface area contributed by atoms with Crippen molar-refractivity contribution in [1.82, 2.24) is 9.88 Å². The number of likely N-dealkylation sites (tertiary alicyclic amines) is 1. The Morgan fingerprint density at radius 3 is 2.73 bits per heavy atom. The van der Waals surface area contributed by atoms with Crippen LogP contribution in [0.4, 0.5) is 8.78 Å². The third-order valence-corrected chi connectivity index (χ3v) is 2.40. The molecule has 0 N–H and O–H groups in total. The maximum Gasteiger partial charge on any atom is 0.282 e. The Hall–Kier alpha value is -1.52. The maximum atomic E-state index is 12.6. The van der Waals surface area contributed by atoms with Crippen molar-refractivity contribution in [2.24, 2.45) is 0 Å². The lowest BCUT2D eigenvalue weighted by Crippen LogP contribution is -2.58. The van der Waals surface area contributed by atoms with Crippen molar-refractivity contribution in [2.75, 3.05) is 13.1 Å². The van der Waals surface area contributed by atoms with E-state index in [2.05, 4.69) is 4.98 Å². The number of aromatic nitrogens is 1. The zero-order valence-electron chi connectivity index (χ0n) is 8.20. The first-order valence-corrected chi connectivity index (χ1v) is 4.57. The molecule has 2 heterocycles. The fourth-order valence-corrected chi connectivity index (χ4v) is 1.51. The van der Waals surface area contributed by atoms with Crippen molar-refractivity contribution < 1.29 is 13.6 Å². The van der Waals surface area contributed by atoms with Crippen LogP contribution in [0, 0.1) is 6.92 Å². The van der Waals surface area contributed by atoms with Crippen molar-refractivity contribution in [3.05, 3.63) is 29.6 Å². The second-order valence-corrected chi connectivity index (χ2v) is 3.71. The molecule has 3 nitrogen and oxygen atoms in total. The topological polar surface area (TPSA) is 33.2 Å².